The Morgan fingerprint density at radius 3 is 2.53 bits per heavy atom. The minimum absolute atomic E-state index is 0.160. The summed E-state index contributed by atoms with van der Waals surface area (Å²) in [5.41, 5.74) is 9.86. The first-order valence-corrected chi connectivity index (χ1v) is 7.18. The molecule has 1 aliphatic rings. The van der Waals surface area contributed by atoms with Gasteiger partial charge >= 0.3 is 0 Å². The molecule has 2 aromatic rings. The van der Waals surface area contributed by atoms with Crippen LogP contribution < -0.4 is 5.73 Å². The number of aromatic nitrogens is 2. The molecule has 0 amide bonds. The molecule has 1 aromatic carbocycles. The molecule has 1 aliphatic carbocycles. The van der Waals surface area contributed by atoms with Crippen molar-refractivity contribution in [3.63, 3.8) is 0 Å². The smallest absolute Gasteiger partial charge is 0.127 e. The van der Waals surface area contributed by atoms with Crippen LogP contribution in [-0.2, 0) is 11.0 Å². The van der Waals surface area contributed by atoms with Gasteiger partial charge in [-0.2, -0.15) is 0 Å². The monoisotopic (exact) mass is 257 g/mol. The fourth-order valence-electron chi connectivity index (χ4n) is 2.95. The summed E-state index contributed by atoms with van der Waals surface area (Å²) in [6.45, 7) is 6.69. The number of hydrogen-bond acceptors (Lipinski definition) is 2. The minimum Gasteiger partial charge on any atom is -0.340 e. The molecule has 102 valence electrons. The number of fused-ring (bicyclic) bond motifs is 1. The summed E-state index contributed by atoms with van der Waals surface area (Å²) in [6.07, 6.45) is 4.50. The van der Waals surface area contributed by atoms with Crippen LogP contribution in [0.1, 0.15) is 57.8 Å². The van der Waals surface area contributed by atoms with E-state index in [9.17, 15) is 0 Å². The van der Waals surface area contributed by atoms with E-state index in [-0.39, 0.29) is 11.0 Å². The van der Waals surface area contributed by atoms with E-state index in [1.54, 1.807) is 0 Å². The van der Waals surface area contributed by atoms with Gasteiger partial charge in [0.2, 0.25) is 0 Å². The fraction of sp³-hybridized carbons (Fsp3) is 0.562. The highest BCUT2D eigenvalue weighted by molar-refractivity contribution is 5.76. The van der Waals surface area contributed by atoms with Crippen LogP contribution in [0.25, 0.3) is 11.0 Å². The van der Waals surface area contributed by atoms with Gasteiger partial charge in [0, 0.05) is 0 Å². The zero-order valence-corrected chi connectivity index (χ0v) is 12.1. The Bertz CT molecular complexity index is 598. The zero-order valence-electron chi connectivity index (χ0n) is 12.1. The number of nitrogens with two attached hydrogens (primary N) is 1. The average molecular weight is 257 g/mol. The van der Waals surface area contributed by atoms with Crippen LogP contribution in [0.2, 0.25) is 0 Å². The van der Waals surface area contributed by atoms with Gasteiger partial charge in [0.05, 0.1) is 16.6 Å². The van der Waals surface area contributed by atoms with Crippen molar-refractivity contribution >= 4 is 11.0 Å². The van der Waals surface area contributed by atoms with Crippen LogP contribution in [-0.4, -0.2) is 9.97 Å². The molecule has 19 heavy (non-hydrogen) atoms. The SMILES string of the molecule is CC(C)(C)c1ccc2nc(C3(N)CCCC3)[nH]c2c1. The summed E-state index contributed by atoms with van der Waals surface area (Å²) < 4.78 is 0. The van der Waals surface area contributed by atoms with E-state index < -0.39 is 0 Å². The van der Waals surface area contributed by atoms with Gasteiger partial charge in [0.1, 0.15) is 5.82 Å². The predicted octanol–water partition coefficient (Wildman–Crippen LogP) is 3.59. The number of benzene rings is 1. The van der Waals surface area contributed by atoms with Crippen molar-refractivity contribution in [3.8, 4) is 0 Å². The number of nitrogens with one attached hydrogen (secondary N) is 1. The van der Waals surface area contributed by atoms with Gasteiger partial charge in [-0.1, -0.05) is 39.7 Å². The van der Waals surface area contributed by atoms with E-state index in [2.05, 4.69) is 44.0 Å². The van der Waals surface area contributed by atoms with Crippen LogP contribution in [0.5, 0.6) is 0 Å². The number of aromatic amines is 1. The molecule has 0 spiro atoms. The van der Waals surface area contributed by atoms with Crippen molar-refractivity contribution in [3.05, 3.63) is 29.6 Å². The molecule has 0 saturated heterocycles. The first-order chi connectivity index (χ1) is 8.88. The molecular weight excluding hydrogens is 234 g/mol. The summed E-state index contributed by atoms with van der Waals surface area (Å²) in [6, 6.07) is 6.49. The molecule has 3 N–H and O–H groups in total. The van der Waals surface area contributed by atoms with E-state index in [0.29, 0.717) is 0 Å². The summed E-state index contributed by atoms with van der Waals surface area (Å²) >= 11 is 0. The molecule has 3 heteroatoms. The fourth-order valence-corrected chi connectivity index (χ4v) is 2.95. The van der Waals surface area contributed by atoms with E-state index in [4.69, 9.17) is 10.7 Å². The van der Waals surface area contributed by atoms with Gasteiger partial charge in [-0.05, 0) is 36.0 Å². The van der Waals surface area contributed by atoms with E-state index in [1.807, 2.05) is 0 Å². The van der Waals surface area contributed by atoms with Crippen molar-refractivity contribution in [1.29, 1.82) is 0 Å². The van der Waals surface area contributed by atoms with Crippen molar-refractivity contribution in [2.24, 2.45) is 5.73 Å². The lowest BCUT2D eigenvalue weighted by Crippen LogP contribution is -2.34. The van der Waals surface area contributed by atoms with Gasteiger partial charge in [-0.15, -0.1) is 0 Å². The van der Waals surface area contributed by atoms with Crippen LogP contribution in [0.4, 0.5) is 0 Å². The molecule has 3 rings (SSSR count). The Kier molecular flexibility index (Phi) is 2.72. The first kappa shape index (κ1) is 12.7. The lowest BCUT2D eigenvalue weighted by molar-refractivity contribution is 0.437. The van der Waals surface area contributed by atoms with Gasteiger partial charge in [-0.3, -0.25) is 0 Å². The van der Waals surface area contributed by atoms with Crippen molar-refractivity contribution in [1.82, 2.24) is 9.97 Å². The highest BCUT2D eigenvalue weighted by atomic mass is 15.0. The Hall–Kier alpha value is -1.35. The van der Waals surface area contributed by atoms with Crippen LogP contribution in [0, 0.1) is 0 Å². The van der Waals surface area contributed by atoms with Crippen LogP contribution in [0.3, 0.4) is 0 Å². The number of nitrogens with zero attached hydrogens (tertiary/aromatic N) is 1. The maximum atomic E-state index is 6.47. The number of hydrogen-bond donors (Lipinski definition) is 2. The third-order valence-electron chi connectivity index (χ3n) is 4.32. The second kappa shape index (κ2) is 4.07. The Morgan fingerprint density at radius 2 is 1.89 bits per heavy atom. The molecule has 0 bridgehead atoms. The molecule has 1 fully saturated rings. The van der Waals surface area contributed by atoms with Crippen LogP contribution in [0.15, 0.2) is 18.2 Å². The molecule has 0 atom stereocenters. The molecule has 1 heterocycles. The Balaban J connectivity index is 2.06. The summed E-state index contributed by atoms with van der Waals surface area (Å²) in [4.78, 5) is 8.16. The molecule has 0 unspecified atom stereocenters. The zero-order chi connectivity index (χ0) is 13.7. The second-order valence-corrected chi connectivity index (χ2v) is 6.93. The maximum Gasteiger partial charge on any atom is 0.127 e. The normalized spacial score (nSPS) is 19.2. The quantitative estimate of drug-likeness (QED) is 0.820. The molecule has 1 saturated carbocycles. The van der Waals surface area contributed by atoms with E-state index >= 15 is 0 Å². The molecule has 1 aromatic heterocycles. The second-order valence-electron chi connectivity index (χ2n) is 6.93. The highest BCUT2D eigenvalue weighted by Gasteiger charge is 2.34. The largest absolute Gasteiger partial charge is 0.340 e. The molecule has 0 aliphatic heterocycles. The topological polar surface area (TPSA) is 54.7 Å². The molecule has 3 nitrogen and oxygen atoms in total. The van der Waals surface area contributed by atoms with E-state index in [1.165, 1.54) is 18.4 Å². The van der Waals surface area contributed by atoms with Crippen molar-refractivity contribution < 1.29 is 0 Å². The lowest BCUT2D eigenvalue weighted by atomic mass is 9.87. The Labute approximate surface area is 114 Å². The Morgan fingerprint density at radius 1 is 1.21 bits per heavy atom. The minimum atomic E-state index is -0.235. The number of rotatable bonds is 1. The molecular formula is C16H23N3. The third kappa shape index (κ3) is 2.16. The molecule has 0 radical (unpaired) electrons. The van der Waals surface area contributed by atoms with Crippen LogP contribution >= 0.6 is 0 Å². The van der Waals surface area contributed by atoms with Crippen molar-refractivity contribution in [2.75, 3.05) is 0 Å². The lowest BCUT2D eigenvalue weighted by Gasteiger charge is -2.20. The highest BCUT2D eigenvalue weighted by Crippen LogP contribution is 2.36. The van der Waals surface area contributed by atoms with Crippen molar-refractivity contribution in [2.45, 2.75) is 57.4 Å². The van der Waals surface area contributed by atoms with Gasteiger partial charge < -0.3 is 10.7 Å². The summed E-state index contributed by atoms with van der Waals surface area (Å²) in [5.74, 6) is 0.964. The van der Waals surface area contributed by atoms with Gasteiger partial charge in [-0.25, -0.2) is 4.98 Å². The van der Waals surface area contributed by atoms with E-state index in [0.717, 1.165) is 29.7 Å². The average Bonchev–Trinajstić information content (AvgIpc) is 2.93. The van der Waals surface area contributed by atoms with Gasteiger partial charge in [0.25, 0.3) is 0 Å². The summed E-state index contributed by atoms with van der Waals surface area (Å²) in [5, 5.41) is 0. The number of H-pyrrole nitrogens is 1. The third-order valence-corrected chi connectivity index (χ3v) is 4.32. The predicted molar refractivity (Wildman–Crippen MR) is 79.1 cm³/mol. The number of imidazole rings is 1. The maximum absolute atomic E-state index is 6.47. The standard InChI is InChI=1S/C16H23N3/c1-15(2,3)11-6-7-12-13(10-11)19-14(18-12)16(17)8-4-5-9-16/h6-7,10H,4-5,8-9,17H2,1-3H3,(H,18,19). The first-order valence-electron chi connectivity index (χ1n) is 7.18. The van der Waals surface area contributed by atoms with Gasteiger partial charge in [0.15, 0.2) is 0 Å². The summed E-state index contributed by atoms with van der Waals surface area (Å²) in [7, 11) is 0.